The minimum atomic E-state index is -0.155. The number of aromatic nitrogens is 4. The van der Waals surface area contributed by atoms with Crippen molar-refractivity contribution in [1.82, 2.24) is 24.2 Å². The molecule has 10 heteroatoms. The molecule has 1 saturated heterocycles. The number of nitrogens with zero attached hydrogens (tertiary/aromatic N) is 4. The van der Waals surface area contributed by atoms with Gasteiger partial charge < -0.3 is 14.3 Å². The second-order valence-corrected chi connectivity index (χ2v) is 9.99. The predicted octanol–water partition coefficient (Wildman–Crippen LogP) is 5.87. The van der Waals surface area contributed by atoms with E-state index < -0.39 is 0 Å². The fourth-order valence-corrected chi connectivity index (χ4v) is 5.26. The Hall–Kier alpha value is -3.75. The lowest BCUT2D eigenvalue weighted by Gasteiger charge is -2.32. The average molecular weight is 536 g/mol. The fourth-order valence-electron chi connectivity index (χ4n) is 4.97. The van der Waals surface area contributed by atoms with E-state index in [0.717, 1.165) is 16.8 Å². The number of fused-ring (bicyclic) bond motifs is 1. The monoisotopic (exact) mass is 535 g/mol. The molecule has 0 bridgehead atoms. The number of carbonyl (C=O) groups excluding carboxylic acids is 1. The third kappa shape index (κ3) is 4.26. The Bertz CT molecular complexity index is 1690. The molecule has 8 nitrogen and oxygen atoms in total. The van der Waals surface area contributed by atoms with Gasteiger partial charge >= 0.3 is 5.69 Å². The molecule has 2 aromatic carbocycles. The Morgan fingerprint density at radius 2 is 1.81 bits per heavy atom. The molecular formula is C27H23Cl2N5O3. The van der Waals surface area contributed by atoms with E-state index in [0.29, 0.717) is 58.8 Å². The van der Waals surface area contributed by atoms with Crippen LogP contribution in [0.1, 0.15) is 35.1 Å². The first kappa shape index (κ1) is 23.6. The van der Waals surface area contributed by atoms with E-state index in [-0.39, 0.29) is 17.6 Å². The number of amides is 1. The molecule has 1 fully saturated rings. The number of aryl methyl sites for hydroxylation is 1. The van der Waals surface area contributed by atoms with Crippen LogP contribution in [0.3, 0.4) is 0 Å². The highest BCUT2D eigenvalue weighted by atomic mass is 35.5. The number of carbonyl (C=O) groups is 1. The molecule has 0 spiro atoms. The summed E-state index contributed by atoms with van der Waals surface area (Å²) >= 11 is 12.4. The lowest BCUT2D eigenvalue weighted by molar-refractivity contribution is 0.0685. The number of halogens is 2. The molecule has 0 unspecified atom stereocenters. The Morgan fingerprint density at radius 1 is 1.03 bits per heavy atom. The number of aromatic amines is 1. The van der Waals surface area contributed by atoms with Crippen LogP contribution in [-0.4, -0.2) is 43.2 Å². The van der Waals surface area contributed by atoms with Gasteiger partial charge in [-0.05, 0) is 62.2 Å². The zero-order valence-electron chi connectivity index (χ0n) is 19.9. The number of rotatable bonds is 4. The SMILES string of the molecule is Cc1ccc(-c2cc(C(=O)N3CCC(n4c(=O)[nH]c5ccccc54)CC3)n(-c3ccc(Cl)c(Cl)c3)n2)o1. The summed E-state index contributed by atoms with van der Waals surface area (Å²) in [7, 11) is 0. The normalized spacial score (nSPS) is 14.5. The largest absolute Gasteiger partial charge is 0.460 e. The predicted molar refractivity (Wildman–Crippen MR) is 143 cm³/mol. The van der Waals surface area contributed by atoms with Crippen molar-refractivity contribution in [2.75, 3.05) is 13.1 Å². The zero-order chi connectivity index (χ0) is 25.7. The second-order valence-electron chi connectivity index (χ2n) is 9.18. The lowest BCUT2D eigenvalue weighted by atomic mass is 10.0. The number of likely N-dealkylation sites (tertiary alicyclic amines) is 1. The van der Waals surface area contributed by atoms with Crippen molar-refractivity contribution >= 4 is 40.1 Å². The number of benzene rings is 2. The van der Waals surface area contributed by atoms with Crippen LogP contribution in [0.5, 0.6) is 0 Å². The summed E-state index contributed by atoms with van der Waals surface area (Å²) in [6, 6.07) is 18.2. The average Bonchev–Trinajstić information content (AvgIpc) is 3.61. The Labute approximate surface area is 222 Å². The highest BCUT2D eigenvalue weighted by Gasteiger charge is 2.29. The van der Waals surface area contributed by atoms with Gasteiger partial charge in [-0.2, -0.15) is 5.10 Å². The second kappa shape index (κ2) is 9.28. The Balaban J connectivity index is 1.30. The van der Waals surface area contributed by atoms with E-state index in [2.05, 4.69) is 10.1 Å². The van der Waals surface area contributed by atoms with E-state index in [4.69, 9.17) is 27.6 Å². The molecule has 1 amide bonds. The van der Waals surface area contributed by atoms with Crippen LogP contribution in [0.4, 0.5) is 0 Å². The van der Waals surface area contributed by atoms with Gasteiger partial charge in [0.25, 0.3) is 5.91 Å². The molecule has 0 radical (unpaired) electrons. The lowest BCUT2D eigenvalue weighted by Crippen LogP contribution is -2.41. The van der Waals surface area contributed by atoms with Gasteiger partial charge in [-0.25, -0.2) is 9.48 Å². The number of furan rings is 1. The quantitative estimate of drug-likeness (QED) is 0.311. The number of para-hydroxylation sites is 2. The molecule has 3 aromatic heterocycles. The molecule has 37 heavy (non-hydrogen) atoms. The highest BCUT2D eigenvalue weighted by Crippen LogP contribution is 2.30. The number of hydrogen-bond donors (Lipinski definition) is 1. The topological polar surface area (TPSA) is 89.1 Å². The maximum Gasteiger partial charge on any atom is 0.326 e. The summed E-state index contributed by atoms with van der Waals surface area (Å²) in [6.45, 7) is 2.88. The van der Waals surface area contributed by atoms with Gasteiger partial charge in [0.05, 0.1) is 26.8 Å². The maximum atomic E-state index is 13.8. The molecule has 1 N–H and O–H groups in total. The van der Waals surface area contributed by atoms with Gasteiger partial charge in [0.1, 0.15) is 17.1 Å². The van der Waals surface area contributed by atoms with Crippen molar-refractivity contribution in [3.8, 4) is 17.1 Å². The van der Waals surface area contributed by atoms with Gasteiger partial charge in [-0.3, -0.25) is 9.36 Å². The summed E-state index contributed by atoms with van der Waals surface area (Å²) in [6.07, 6.45) is 1.33. The van der Waals surface area contributed by atoms with E-state index in [1.165, 1.54) is 0 Å². The van der Waals surface area contributed by atoms with Crippen molar-refractivity contribution in [2.24, 2.45) is 0 Å². The van der Waals surface area contributed by atoms with Gasteiger partial charge in [0.15, 0.2) is 5.76 Å². The van der Waals surface area contributed by atoms with Gasteiger partial charge in [-0.1, -0.05) is 35.3 Å². The summed E-state index contributed by atoms with van der Waals surface area (Å²) < 4.78 is 9.15. The molecule has 1 aliphatic heterocycles. The van der Waals surface area contributed by atoms with Gasteiger partial charge in [0.2, 0.25) is 0 Å². The molecule has 0 atom stereocenters. The Kier molecular flexibility index (Phi) is 5.93. The van der Waals surface area contributed by atoms with Crippen molar-refractivity contribution in [3.05, 3.63) is 92.6 Å². The molecule has 1 aliphatic rings. The van der Waals surface area contributed by atoms with Crippen molar-refractivity contribution < 1.29 is 9.21 Å². The molecule has 0 saturated carbocycles. The highest BCUT2D eigenvalue weighted by molar-refractivity contribution is 6.42. The minimum absolute atomic E-state index is 0.00865. The minimum Gasteiger partial charge on any atom is -0.460 e. The van der Waals surface area contributed by atoms with E-state index >= 15 is 0 Å². The standard InChI is InChI=1S/C27H23Cl2N5O3/c1-16-6-9-25(37-16)22-15-24(34(31-22)18-7-8-19(28)20(29)14-18)26(35)32-12-10-17(11-13-32)33-23-5-3-2-4-21(23)30-27(33)36/h2-9,14-15,17H,10-13H2,1H3,(H,30,36). The number of H-pyrrole nitrogens is 1. The molecule has 188 valence electrons. The van der Waals surface area contributed by atoms with Gasteiger partial charge in [0, 0.05) is 25.2 Å². The van der Waals surface area contributed by atoms with Crippen LogP contribution in [0.25, 0.3) is 28.2 Å². The van der Waals surface area contributed by atoms with Crippen LogP contribution in [0.15, 0.2) is 69.9 Å². The number of hydrogen-bond acceptors (Lipinski definition) is 4. The van der Waals surface area contributed by atoms with Crippen molar-refractivity contribution in [3.63, 3.8) is 0 Å². The third-order valence-electron chi connectivity index (χ3n) is 6.81. The first-order chi connectivity index (χ1) is 17.9. The summed E-state index contributed by atoms with van der Waals surface area (Å²) in [5.41, 5.74) is 3.13. The summed E-state index contributed by atoms with van der Waals surface area (Å²) in [5.74, 6) is 1.17. The van der Waals surface area contributed by atoms with Gasteiger partial charge in [-0.15, -0.1) is 0 Å². The molecule has 0 aliphatic carbocycles. The van der Waals surface area contributed by atoms with Crippen molar-refractivity contribution in [1.29, 1.82) is 0 Å². The summed E-state index contributed by atoms with van der Waals surface area (Å²) in [5, 5.41) is 5.46. The molecule has 4 heterocycles. The van der Waals surface area contributed by atoms with Crippen LogP contribution in [0, 0.1) is 6.92 Å². The van der Waals surface area contributed by atoms with E-state index in [1.807, 2.05) is 47.9 Å². The number of piperidine rings is 1. The molecule has 5 aromatic rings. The first-order valence-corrected chi connectivity index (χ1v) is 12.8. The third-order valence-corrected chi connectivity index (χ3v) is 7.55. The van der Waals surface area contributed by atoms with Crippen LogP contribution < -0.4 is 5.69 Å². The summed E-state index contributed by atoms with van der Waals surface area (Å²) in [4.78, 5) is 31.2. The van der Waals surface area contributed by atoms with Crippen LogP contribution in [0.2, 0.25) is 10.0 Å². The van der Waals surface area contributed by atoms with E-state index in [1.54, 1.807) is 33.8 Å². The first-order valence-electron chi connectivity index (χ1n) is 12.0. The zero-order valence-corrected chi connectivity index (χ0v) is 21.5. The van der Waals surface area contributed by atoms with Crippen LogP contribution >= 0.6 is 23.2 Å². The van der Waals surface area contributed by atoms with E-state index in [9.17, 15) is 9.59 Å². The number of nitrogens with one attached hydrogen (secondary N) is 1. The smallest absolute Gasteiger partial charge is 0.326 e. The van der Waals surface area contributed by atoms with Crippen molar-refractivity contribution in [2.45, 2.75) is 25.8 Å². The molecule has 6 rings (SSSR count). The fraction of sp³-hybridized carbons (Fsp3) is 0.222. The maximum absolute atomic E-state index is 13.8. The molecular weight excluding hydrogens is 513 g/mol. The number of imidazole rings is 1. The van der Waals surface area contributed by atoms with Crippen LogP contribution in [-0.2, 0) is 0 Å². The Morgan fingerprint density at radius 3 is 2.54 bits per heavy atom.